The second-order valence-electron chi connectivity index (χ2n) is 7.48. The lowest BCUT2D eigenvalue weighted by Gasteiger charge is -2.51. The molecule has 2 nitrogen and oxygen atoms in total. The first-order valence-electron chi connectivity index (χ1n) is 8.73. The van der Waals surface area contributed by atoms with Gasteiger partial charge in [0.1, 0.15) is 0 Å². The molecule has 1 aliphatic heterocycles. The maximum Gasteiger partial charge on any atom is 0.0309 e. The summed E-state index contributed by atoms with van der Waals surface area (Å²) in [6.45, 7) is 7.40. The van der Waals surface area contributed by atoms with E-state index in [1.807, 2.05) is 0 Å². The molecule has 3 fully saturated rings. The van der Waals surface area contributed by atoms with Crippen LogP contribution in [-0.4, -0.2) is 35.6 Å². The molecule has 1 saturated heterocycles. The molecule has 3 rings (SSSR count). The third kappa shape index (κ3) is 3.16. The summed E-state index contributed by atoms with van der Waals surface area (Å²) in [7, 11) is 0. The van der Waals surface area contributed by atoms with Gasteiger partial charge in [0.05, 0.1) is 0 Å². The van der Waals surface area contributed by atoms with Crippen molar-refractivity contribution in [3.05, 3.63) is 0 Å². The molecular weight excluding hydrogens is 232 g/mol. The highest BCUT2D eigenvalue weighted by atomic mass is 15.3. The molecular formula is C17H32N2. The molecule has 2 saturated carbocycles. The van der Waals surface area contributed by atoms with Crippen LogP contribution < -0.4 is 5.32 Å². The maximum absolute atomic E-state index is 3.95. The summed E-state index contributed by atoms with van der Waals surface area (Å²) in [5.41, 5.74) is 0.474. The van der Waals surface area contributed by atoms with Crippen LogP contribution >= 0.6 is 0 Å². The van der Waals surface area contributed by atoms with Crippen molar-refractivity contribution < 1.29 is 0 Å². The highest BCUT2D eigenvalue weighted by Gasteiger charge is 2.41. The van der Waals surface area contributed by atoms with Crippen LogP contribution in [0.1, 0.15) is 71.6 Å². The third-order valence-corrected chi connectivity index (χ3v) is 5.89. The van der Waals surface area contributed by atoms with Crippen molar-refractivity contribution >= 4 is 0 Å². The minimum absolute atomic E-state index is 0.474. The van der Waals surface area contributed by atoms with Gasteiger partial charge in [0.15, 0.2) is 0 Å². The van der Waals surface area contributed by atoms with Crippen molar-refractivity contribution in [3.8, 4) is 0 Å². The molecule has 2 unspecified atom stereocenters. The van der Waals surface area contributed by atoms with Crippen molar-refractivity contribution in [3.63, 3.8) is 0 Å². The van der Waals surface area contributed by atoms with E-state index in [2.05, 4.69) is 24.1 Å². The lowest BCUT2D eigenvalue weighted by molar-refractivity contribution is 0.0235. The summed E-state index contributed by atoms with van der Waals surface area (Å²) in [6, 6.07) is 1.58. The molecule has 0 bridgehead atoms. The second-order valence-corrected chi connectivity index (χ2v) is 7.48. The number of piperazine rings is 1. The highest BCUT2D eigenvalue weighted by Crippen LogP contribution is 2.37. The monoisotopic (exact) mass is 264 g/mol. The molecule has 19 heavy (non-hydrogen) atoms. The molecule has 0 aromatic carbocycles. The summed E-state index contributed by atoms with van der Waals surface area (Å²) in [4.78, 5) is 2.88. The molecule has 1 N–H and O–H groups in total. The zero-order valence-corrected chi connectivity index (χ0v) is 13.0. The molecule has 2 atom stereocenters. The normalized spacial score (nSPS) is 33.5. The molecule has 1 spiro atoms. The minimum Gasteiger partial charge on any atom is -0.308 e. The first kappa shape index (κ1) is 13.9. The van der Waals surface area contributed by atoms with Crippen LogP contribution in [0.3, 0.4) is 0 Å². The van der Waals surface area contributed by atoms with E-state index in [1.165, 1.54) is 70.9 Å². The van der Waals surface area contributed by atoms with Gasteiger partial charge in [0.25, 0.3) is 0 Å². The Kier molecular flexibility index (Phi) is 4.19. The van der Waals surface area contributed by atoms with Gasteiger partial charge in [0, 0.05) is 30.7 Å². The number of nitrogens with one attached hydrogen (secondary N) is 1. The molecule has 0 amide bonds. The summed E-state index contributed by atoms with van der Waals surface area (Å²) < 4.78 is 0. The molecule has 1 heterocycles. The zero-order chi connectivity index (χ0) is 13.3. The fourth-order valence-corrected chi connectivity index (χ4v) is 4.42. The van der Waals surface area contributed by atoms with Gasteiger partial charge in [-0.3, -0.25) is 4.90 Å². The Morgan fingerprint density at radius 1 is 1.21 bits per heavy atom. The van der Waals surface area contributed by atoms with E-state index in [-0.39, 0.29) is 0 Å². The molecule has 0 radical (unpaired) electrons. The van der Waals surface area contributed by atoms with E-state index in [4.69, 9.17) is 0 Å². The Morgan fingerprint density at radius 3 is 2.58 bits per heavy atom. The molecule has 3 aliphatic rings. The van der Waals surface area contributed by atoms with Crippen molar-refractivity contribution in [2.45, 2.75) is 89.3 Å². The van der Waals surface area contributed by atoms with E-state index in [0.29, 0.717) is 5.54 Å². The molecule has 0 aromatic heterocycles. The number of nitrogens with zero attached hydrogens (tertiary/aromatic N) is 1. The van der Waals surface area contributed by atoms with E-state index < -0.39 is 0 Å². The van der Waals surface area contributed by atoms with Gasteiger partial charge in [-0.2, -0.15) is 0 Å². The van der Waals surface area contributed by atoms with Gasteiger partial charge in [-0.15, -0.1) is 0 Å². The van der Waals surface area contributed by atoms with Crippen LogP contribution in [0.2, 0.25) is 0 Å². The second kappa shape index (κ2) is 5.73. The predicted octanol–water partition coefficient (Wildman–Crippen LogP) is 3.56. The molecule has 2 aliphatic carbocycles. The average Bonchev–Trinajstić information content (AvgIpc) is 3.23. The summed E-state index contributed by atoms with van der Waals surface area (Å²) >= 11 is 0. The Hall–Kier alpha value is -0.0800. The summed E-state index contributed by atoms with van der Waals surface area (Å²) in [6.07, 6.45) is 12.9. The van der Waals surface area contributed by atoms with Crippen LogP contribution in [0.15, 0.2) is 0 Å². The largest absolute Gasteiger partial charge is 0.308 e. The smallest absolute Gasteiger partial charge is 0.0309 e. The number of rotatable bonds is 4. The predicted molar refractivity (Wildman–Crippen MR) is 81.4 cm³/mol. The Balaban J connectivity index is 1.65. The molecule has 110 valence electrons. The van der Waals surface area contributed by atoms with Gasteiger partial charge in [-0.1, -0.05) is 39.0 Å². The lowest BCUT2D eigenvalue weighted by Crippen LogP contribution is -2.66. The summed E-state index contributed by atoms with van der Waals surface area (Å²) in [5, 5.41) is 3.95. The minimum atomic E-state index is 0.474. The Morgan fingerprint density at radius 2 is 1.95 bits per heavy atom. The van der Waals surface area contributed by atoms with Crippen LogP contribution in [0.5, 0.6) is 0 Å². The van der Waals surface area contributed by atoms with Crippen LogP contribution in [-0.2, 0) is 0 Å². The van der Waals surface area contributed by atoms with Crippen LogP contribution in [0, 0.1) is 5.92 Å². The van der Waals surface area contributed by atoms with Crippen LogP contribution in [0.25, 0.3) is 0 Å². The van der Waals surface area contributed by atoms with Gasteiger partial charge in [-0.25, -0.2) is 0 Å². The van der Waals surface area contributed by atoms with Gasteiger partial charge in [0.2, 0.25) is 0 Å². The molecule has 0 aromatic rings. The van der Waals surface area contributed by atoms with E-state index in [0.717, 1.165) is 18.0 Å². The highest BCUT2D eigenvalue weighted by molar-refractivity contribution is 5.01. The van der Waals surface area contributed by atoms with Crippen LogP contribution in [0.4, 0.5) is 0 Å². The van der Waals surface area contributed by atoms with Gasteiger partial charge >= 0.3 is 0 Å². The average molecular weight is 264 g/mol. The van der Waals surface area contributed by atoms with Gasteiger partial charge in [-0.05, 0) is 38.5 Å². The fourth-order valence-electron chi connectivity index (χ4n) is 4.42. The maximum atomic E-state index is 3.95. The SMILES string of the molecule is CCC1CNC2(CCCCC2)CN1C(C)CC1CC1. The number of hydrogen-bond acceptors (Lipinski definition) is 2. The van der Waals surface area contributed by atoms with Crippen molar-refractivity contribution in [2.75, 3.05) is 13.1 Å². The van der Waals surface area contributed by atoms with Crippen molar-refractivity contribution in [2.24, 2.45) is 5.92 Å². The Bertz CT molecular complexity index is 292. The topological polar surface area (TPSA) is 15.3 Å². The lowest BCUT2D eigenvalue weighted by atomic mass is 9.78. The van der Waals surface area contributed by atoms with Crippen molar-refractivity contribution in [1.29, 1.82) is 0 Å². The zero-order valence-electron chi connectivity index (χ0n) is 13.0. The first-order chi connectivity index (χ1) is 9.22. The van der Waals surface area contributed by atoms with E-state index in [1.54, 1.807) is 0 Å². The third-order valence-electron chi connectivity index (χ3n) is 5.89. The standard InChI is InChI=1S/C17H32N2/c1-3-16-12-18-17(9-5-4-6-10-17)13-19(16)14(2)11-15-7-8-15/h14-16,18H,3-13H2,1-2H3. The van der Waals surface area contributed by atoms with E-state index in [9.17, 15) is 0 Å². The van der Waals surface area contributed by atoms with Crippen molar-refractivity contribution in [1.82, 2.24) is 10.2 Å². The molecule has 2 heteroatoms. The van der Waals surface area contributed by atoms with E-state index >= 15 is 0 Å². The van der Waals surface area contributed by atoms with Gasteiger partial charge < -0.3 is 5.32 Å². The fraction of sp³-hybridized carbons (Fsp3) is 1.00. The Labute approximate surface area is 119 Å². The number of hydrogen-bond donors (Lipinski definition) is 1. The summed E-state index contributed by atoms with van der Waals surface area (Å²) in [5.74, 6) is 1.06. The quantitative estimate of drug-likeness (QED) is 0.835. The first-order valence-corrected chi connectivity index (χ1v) is 8.73.